The fraction of sp³-hybridized carbons (Fsp3) is 0.200. The van der Waals surface area contributed by atoms with Crippen LogP contribution >= 0.6 is 0 Å². The number of hydrogen-bond acceptors (Lipinski definition) is 5. The highest BCUT2D eigenvalue weighted by atomic mass is 16.5. The van der Waals surface area contributed by atoms with Crippen LogP contribution in [0.2, 0.25) is 0 Å². The quantitative estimate of drug-likeness (QED) is 0.671. The van der Waals surface area contributed by atoms with Gasteiger partial charge in [0.25, 0.3) is 0 Å². The van der Waals surface area contributed by atoms with E-state index in [1.54, 1.807) is 19.2 Å². The minimum atomic E-state index is -0.441. The molecule has 138 valence electrons. The number of carbonyl (C=O) groups is 2. The summed E-state index contributed by atoms with van der Waals surface area (Å²) in [5.74, 6) is -0.142. The number of amides is 2. The zero-order valence-corrected chi connectivity index (χ0v) is 14.9. The van der Waals surface area contributed by atoms with E-state index < -0.39 is 5.92 Å². The molecular weight excluding hydrogens is 344 g/mol. The van der Waals surface area contributed by atoms with Crippen molar-refractivity contribution in [3.63, 3.8) is 0 Å². The van der Waals surface area contributed by atoms with Crippen LogP contribution in [0.5, 0.6) is 0 Å². The number of rotatable bonds is 7. The average Bonchev–Trinajstić information content (AvgIpc) is 3.10. The van der Waals surface area contributed by atoms with Crippen molar-refractivity contribution in [1.82, 2.24) is 15.5 Å². The van der Waals surface area contributed by atoms with Gasteiger partial charge in [-0.25, -0.2) is 0 Å². The zero-order valence-electron chi connectivity index (χ0n) is 14.9. The molecule has 0 radical (unpaired) electrons. The van der Waals surface area contributed by atoms with E-state index in [4.69, 9.17) is 4.52 Å². The van der Waals surface area contributed by atoms with Gasteiger partial charge in [-0.05, 0) is 24.6 Å². The molecular formula is C20H20N4O3. The standard InChI is InChI=1S/C20H20N4O3/c1-14-11-18(24-27-14)23-19(25)13-22-20(26)17(15-7-3-2-4-8-15)12-16-9-5-6-10-21-16/h2-11,17H,12-13H2,1H3,(H,22,26)(H,23,24,25). The molecule has 0 fully saturated rings. The molecule has 7 nitrogen and oxygen atoms in total. The number of nitrogens with zero attached hydrogens (tertiary/aromatic N) is 2. The number of aromatic nitrogens is 2. The van der Waals surface area contributed by atoms with Gasteiger partial charge in [-0.1, -0.05) is 41.6 Å². The van der Waals surface area contributed by atoms with Crippen LogP contribution in [0.15, 0.2) is 65.3 Å². The maximum atomic E-state index is 12.8. The van der Waals surface area contributed by atoms with Crippen molar-refractivity contribution in [2.45, 2.75) is 19.3 Å². The normalized spacial score (nSPS) is 11.6. The molecule has 0 saturated heterocycles. The third-order valence-electron chi connectivity index (χ3n) is 3.98. The average molecular weight is 364 g/mol. The summed E-state index contributed by atoms with van der Waals surface area (Å²) < 4.78 is 4.89. The SMILES string of the molecule is Cc1cc(NC(=O)CNC(=O)C(Cc2ccccn2)c2ccccc2)no1. The third-order valence-corrected chi connectivity index (χ3v) is 3.98. The first-order chi connectivity index (χ1) is 13.1. The van der Waals surface area contributed by atoms with Crippen LogP contribution < -0.4 is 10.6 Å². The Balaban J connectivity index is 1.64. The van der Waals surface area contributed by atoms with Gasteiger partial charge in [0.15, 0.2) is 5.82 Å². The summed E-state index contributed by atoms with van der Waals surface area (Å²) >= 11 is 0. The van der Waals surface area contributed by atoms with Crippen molar-refractivity contribution in [3.05, 3.63) is 77.8 Å². The van der Waals surface area contributed by atoms with Gasteiger partial charge in [0.05, 0.1) is 12.5 Å². The molecule has 3 aromatic rings. The summed E-state index contributed by atoms with van der Waals surface area (Å²) in [6, 6.07) is 16.6. The molecule has 0 bridgehead atoms. The second kappa shape index (κ2) is 8.75. The van der Waals surface area contributed by atoms with Crippen LogP contribution in [0, 0.1) is 6.92 Å². The van der Waals surface area contributed by atoms with Crippen LogP contribution in [0.25, 0.3) is 0 Å². The molecule has 2 aromatic heterocycles. The molecule has 0 spiro atoms. The summed E-state index contributed by atoms with van der Waals surface area (Å²) in [7, 11) is 0. The second-order valence-corrected chi connectivity index (χ2v) is 6.08. The second-order valence-electron chi connectivity index (χ2n) is 6.08. The van der Waals surface area contributed by atoms with Gasteiger partial charge >= 0.3 is 0 Å². The third kappa shape index (κ3) is 5.24. The van der Waals surface area contributed by atoms with Crippen LogP contribution in [0.1, 0.15) is 22.9 Å². The molecule has 2 heterocycles. The Morgan fingerprint density at radius 1 is 1.11 bits per heavy atom. The summed E-state index contributed by atoms with van der Waals surface area (Å²) in [5.41, 5.74) is 1.68. The number of aryl methyl sites for hydroxylation is 1. The number of anilines is 1. The zero-order chi connectivity index (χ0) is 19.1. The molecule has 0 aliphatic heterocycles. The van der Waals surface area contributed by atoms with Gasteiger partial charge in [0.2, 0.25) is 11.8 Å². The van der Waals surface area contributed by atoms with Gasteiger partial charge in [-0.2, -0.15) is 0 Å². The first-order valence-corrected chi connectivity index (χ1v) is 8.57. The van der Waals surface area contributed by atoms with Gasteiger partial charge in [-0.15, -0.1) is 0 Å². The van der Waals surface area contributed by atoms with E-state index in [9.17, 15) is 9.59 Å². The Kier molecular flexibility index (Phi) is 5.94. The lowest BCUT2D eigenvalue weighted by Crippen LogP contribution is -2.36. The molecule has 0 aliphatic rings. The lowest BCUT2D eigenvalue weighted by atomic mass is 9.93. The predicted octanol–water partition coefficient (Wildman–Crippen LogP) is 2.46. The fourth-order valence-corrected chi connectivity index (χ4v) is 2.68. The minimum Gasteiger partial charge on any atom is -0.360 e. The number of hydrogen-bond donors (Lipinski definition) is 2. The van der Waals surface area contributed by atoms with Crippen LogP contribution in [-0.2, 0) is 16.0 Å². The van der Waals surface area contributed by atoms with Gasteiger partial charge < -0.3 is 15.2 Å². The molecule has 0 saturated carbocycles. The molecule has 1 atom stereocenters. The molecule has 7 heteroatoms. The summed E-state index contributed by atoms with van der Waals surface area (Å²) in [6.45, 7) is 1.57. The Morgan fingerprint density at radius 2 is 1.89 bits per heavy atom. The highest BCUT2D eigenvalue weighted by molar-refractivity contribution is 5.95. The van der Waals surface area contributed by atoms with Crippen molar-refractivity contribution in [2.75, 3.05) is 11.9 Å². The van der Waals surface area contributed by atoms with E-state index in [0.717, 1.165) is 11.3 Å². The van der Waals surface area contributed by atoms with Gasteiger partial charge in [-0.3, -0.25) is 14.6 Å². The lowest BCUT2D eigenvalue weighted by Gasteiger charge is -2.17. The number of pyridine rings is 1. The van der Waals surface area contributed by atoms with Crippen molar-refractivity contribution in [3.8, 4) is 0 Å². The van der Waals surface area contributed by atoms with E-state index in [-0.39, 0.29) is 18.4 Å². The van der Waals surface area contributed by atoms with Crippen LogP contribution in [-0.4, -0.2) is 28.5 Å². The molecule has 2 N–H and O–H groups in total. The monoisotopic (exact) mass is 364 g/mol. The van der Waals surface area contributed by atoms with Gasteiger partial charge in [0.1, 0.15) is 5.76 Å². The Labute approximate surface area is 156 Å². The summed E-state index contributed by atoms with van der Waals surface area (Å²) in [4.78, 5) is 29.1. The number of nitrogens with one attached hydrogen (secondary N) is 2. The van der Waals surface area contributed by atoms with E-state index in [1.165, 1.54) is 0 Å². The van der Waals surface area contributed by atoms with Crippen molar-refractivity contribution < 1.29 is 14.1 Å². The van der Waals surface area contributed by atoms with E-state index in [0.29, 0.717) is 18.0 Å². The molecule has 2 amide bonds. The van der Waals surface area contributed by atoms with Gasteiger partial charge in [0, 0.05) is 24.4 Å². The fourth-order valence-electron chi connectivity index (χ4n) is 2.68. The first-order valence-electron chi connectivity index (χ1n) is 8.57. The van der Waals surface area contributed by atoms with Crippen LogP contribution in [0.4, 0.5) is 5.82 Å². The molecule has 27 heavy (non-hydrogen) atoms. The molecule has 3 rings (SSSR count). The topological polar surface area (TPSA) is 97.1 Å². The molecule has 1 unspecified atom stereocenters. The summed E-state index contributed by atoms with van der Waals surface area (Å²) in [6.07, 6.45) is 2.14. The van der Waals surface area contributed by atoms with E-state index in [2.05, 4.69) is 20.8 Å². The van der Waals surface area contributed by atoms with Crippen molar-refractivity contribution >= 4 is 17.6 Å². The van der Waals surface area contributed by atoms with E-state index >= 15 is 0 Å². The van der Waals surface area contributed by atoms with Crippen molar-refractivity contribution in [1.29, 1.82) is 0 Å². The lowest BCUT2D eigenvalue weighted by molar-refractivity contribution is -0.125. The number of carbonyl (C=O) groups excluding carboxylic acids is 2. The smallest absolute Gasteiger partial charge is 0.245 e. The Bertz CT molecular complexity index is 894. The number of benzene rings is 1. The first kappa shape index (κ1) is 18.3. The maximum absolute atomic E-state index is 12.8. The summed E-state index contributed by atoms with van der Waals surface area (Å²) in [5, 5.41) is 8.96. The van der Waals surface area contributed by atoms with E-state index in [1.807, 2.05) is 48.5 Å². The van der Waals surface area contributed by atoms with Crippen molar-refractivity contribution in [2.24, 2.45) is 0 Å². The largest absolute Gasteiger partial charge is 0.360 e. The highest BCUT2D eigenvalue weighted by Gasteiger charge is 2.22. The Morgan fingerprint density at radius 3 is 2.56 bits per heavy atom. The molecule has 1 aromatic carbocycles. The Hall–Kier alpha value is -3.48. The predicted molar refractivity (Wildman–Crippen MR) is 100 cm³/mol. The minimum absolute atomic E-state index is 0.156. The molecule has 0 aliphatic carbocycles. The highest BCUT2D eigenvalue weighted by Crippen LogP contribution is 2.20. The maximum Gasteiger partial charge on any atom is 0.245 e. The van der Waals surface area contributed by atoms with Crippen LogP contribution in [0.3, 0.4) is 0 Å².